The molecule has 3 rings (SSSR count). The number of rotatable bonds is 3. The fraction of sp³-hybridized carbons (Fsp3) is 0.118. The average Bonchev–Trinajstić information content (AvgIpc) is 2.57. The van der Waals surface area contributed by atoms with Crippen LogP contribution in [0.5, 0.6) is 17.2 Å². The van der Waals surface area contributed by atoms with Crippen molar-refractivity contribution in [1.29, 1.82) is 0 Å². The maximum Gasteiger partial charge on any atom is 0.430 e. The van der Waals surface area contributed by atoms with E-state index < -0.39 is 23.8 Å². The molecule has 0 fully saturated rings. The maximum atomic E-state index is 13.2. The van der Waals surface area contributed by atoms with Crippen molar-refractivity contribution < 1.29 is 32.5 Å². The van der Waals surface area contributed by atoms with Gasteiger partial charge in [0.1, 0.15) is 17.2 Å². The first kappa shape index (κ1) is 20.0. The van der Waals surface area contributed by atoms with Crippen molar-refractivity contribution in [3.05, 3.63) is 55.4 Å². The van der Waals surface area contributed by atoms with Gasteiger partial charge in [-0.05, 0) is 62.2 Å². The quantitative estimate of drug-likeness (QED) is 0.498. The third-order valence-electron chi connectivity index (χ3n) is 3.57. The first-order chi connectivity index (χ1) is 12.6. The Hall–Kier alpha value is -1.71. The van der Waals surface area contributed by atoms with Crippen LogP contribution in [-0.4, -0.2) is 23.4 Å². The van der Waals surface area contributed by atoms with E-state index in [9.17, 15) is 18.0 Å². The van der Waals surface area contributed by atoms with Crippen molar-refractivity contribution in [2.75, 3.05) is 0 Å². The Balaban J connectivity index is 2.01. The average molecular weight is 529 g/mol. The molecule has 1 aliphatic rings. The van der Waals surface area contributed by atoms with E-state index in [0.29, 0.717) is 10.2 Å². The van der Waals surface area contributed by atoms with E-state index >= 15 is 0 Å². The normalized spacial score (nSPS) is 16.2. The van der Waals surface area contributed by atoms with Crippen LogP contribution in [-0.2, 0) is 4.79 Å². The van der Waals surface area contributed by atoms with Crippen LogP contribution in [0.1, 0.15) is 5.56 Å². The van der Waals surface area contributed by atoms with Crippen LogP contribution in [0.25, 0.3) is 6.08 Å². The third-order valence-corrected chi connectivity index (χ3v) is 5.74. The van der Waals surface area contributed by atoms with Gasteiger partial charge in [0.2, 0.25) is 6.10 Å². The number of halogens is 6. The van der Waals surface area contributed by atoms with Crippen molar-refractivity contribution in [1.82, 2.24) is 0 Å². The van der Waals surface area contributed by atoms with Crippen LogP contribution >= 0.6 is 43.5 Å². The highest BCUT2D eigenvalue weighted by molar-refractivity contribution is 9.13. The summed E-state index contributed by atoms with van der Waals surface area (Å²) in [6, 6.07) is 7.47. The number of alkyl halides is 3. The van der Waals surface area contributed by atoms with Gasteiger partial charge in [-0.15, -0.1) is 0 Å². The molecule has 0 saturated carbocycles. The Morgan fingerprint density at radius 3 is 2.48 bits per heavy atom. The fourth-order valence-corrected chi connectivity index (χ4v) is 3.18. The molecule has 1 aliphatic heterocycles. The van der Waals surface area contributed by atoms with Crippen molar-refractivity contribution in [2.45, 2.75) is 12.3 Å². The fourth-order valence-electron chi connectivity index (χ4n) is 2.36. The molecule has 10 heteroatoms. The van der Waals surface area contributed by atoms with Crippen molar-refractivity contribution in [2.24, 2.45) is 0 Å². The number of carbonyl (C=O) groups is 1. The molecule has 0 aliphatic carbocycles. The van der Waals surface area contributed by atoms with E-state index in [1.807, 2.05) is 0 Å². The second kappa shape index (κ2) is 7.37. The lowest BCUT2D eigenvalue weighted by Gasteiger charge is -2.27. The summed E-state index contributed by atoms with van der Waals surface area (Å²) in [6.45, 7) is 0. The van der Waals surface area contributed by atoms with Gasteiger partial charge in [0, 0.05) is 20.6 Å². The Morgan fingerprint density at radius 1 is 1.19 bits per heavy atom. The standard InChI is InChI=1S/C17H8Br2ClF3O4/c18-10-2-1-8(5-11(10)19)26-14-6-13-7(4-12(14)20)3-9(16(24)25)15(27-13)17(21,22)23/h1-6,15H,(H,24,25). The summed E-state index contributed by atoms with van der Waals surface area (Å²) < 4.78 is 51.5. The molecule has 1 atom stereocenters. The smallest absolute Gasteiger partial charge is 0.430 e. The minimum Gasteiger partial charge on any atom is -0.478 e. The number of benzene rings is 2. The molecule has 0 radical (unpaired) electrons. The highest BCUT2D eigenvalue weighted by atomic mass is 79.9. The SMILES string of the molecule is O=C(O)C1=Cc2cc(Cl)c(Oc3ccc(Br)c(Br)c3)cc2OC1C(F)(F)F. The molecule has 4 nitrogen and oxygen atoms in total. The first-order valence-electron chi connectivity index (χ1n) is 7.21. The molecule has 0 bridgehead atoms. The lowest BCUT2D eigenvalue weighted by atomic mass is 10.0. The minimum absolute atomic E-state index is 0.0674. The van der Waals surface area contributed by atoms with Crippen LogP contribution in [0, 0.1) is 0 Å². The van der Waals surface area contributed by atoms with Crippen LogP contribution < -0.4 is 9.47 Å². The Kier molecular flexibility index (Phi) is 5.47. The Morgan fingerprint density at radius 2 is 1.89 bits per heavy atom. The molecule has 0 spiro atoms. The summed E-state index contributed by atoms with van der Waals surface area (Å²) in [4.78, 5) is 11.2. The van der Waals surface area contributed by atoms with Gasteiger partial charge in [0.15, 0.2) is 0 Å². The number of carboxylic acids is 1. The van der Waals surface area contributed by atoms with Crippen LogP contribution in [0.2, 0.25) is 5.02 Å². The molecule has 0 saturated heterocycles. The molecule has 1 unspecified atom stereocenters. The van der Waals surface area contributed by atoms with Gasteiger partial charge >= 0.3 is 12.1 Å². The predicted octanol–water partition coefficient (Wildman–Crippen LogP) is 6.45. The zero-order chi connectivity index (χ0) is 19.9. The summed E-state index contributed by atoms with van der Waals surface area (Å²) in [5, 5.41) is 9.14. The number of fused-ring (bicyclic) bond motifs is 1. The summed E-state index contributed by atoms with van der Waals surface area (Å²) in [6.07, 6.45) is -6.58. The second-order valence-corrected chi connectivity index (χ2v) is 7.56. The van der Waals surface area contributed by atoms with E-state index in [1.54, 1.807) is 18.2 Å². The second-order valence-electron chi connectivity index (χ2n) is 5.44. The molecule has 27 heavy (non-hydrogen) atoms. The van der Waals surface area contributed by atoms with Gasteiger partial charge in [0.25, 0.3) is 0 Å². The molecular weight excluding hydrogens is 520 g/mol. The highest BCUT2D eigenvalue weighted by Crippen LogP contribution is 2.43. The summed E-state index contributed by atoms with van der Waals surface area (Å²) in [5.74, 6) is -1.45. The Bertz CT molecular complexity index is 960. The minimum atomic E-state index is -4.89. The predicted molar refractivity (Wildman–Crippen MR) is 99.5 cm³/mol. The molecule has 0 aromatic heterocycles. The molecule has 1 heterocycles. The van der Waals surface area contributed by atoms with Crippen LogP contribution in [0.4, 0.5) is 13.2 Å². The number of carboxylic acid groups (broad SMARTS) is 1. The van der Waals surface area contributed by atoms with E-state index in [4.69, 9.17) is 26.2 Å². The Labute approximate surface area is 172 Å². The molecular formula is C17H8Br2ClF3O4. The topological polar surface area (TPSA) is 55.8 Å². The molecule has 0 amide bonds. The van der Waals surface area contributed by atoms with E-state index in [-0.39, 0.29) is 22.1 Å². The lowest BCUT2D eigenvalue weighted by molar-refractivity contribution is -0.187. The van der Waals surface area contributed by atoms with E-state index in [2.05, 4.69) is 31.9 Å². The zero-order valence-corrected chi connectivity index (χ0v) is 16.9. The third kappa shape index (κ3) is 4.25. The molecule has 142 valence electrons. The maximum absolute atomic E-state index is 13.2. The summed E-state index contributed by atoms with van der Waals surface area (Å²) in [7, 11) is 0. The summed E-state index contributed by atoms with van der Waals surface area (Å²) in [5.41, 5.74) is -0.807. The van der Waals surface area contributed by atoms with Crippen LogP contribution in [0.15, 0.2) is 44.9 Å². The van der Waals surface area contributed by atoms with Gasteiger partial charge < -0.3 is 14.6 Å². The molecule has 2 aromatic carbocycles. The number of hydrogen-bond acceptors (Lipinski definition) is 3. The van der Waals surface area contributed by atoms with Crippen molar-refractivity contribution in [3.8, 4) is 17.2 Å². The lowest BCUT2D eigenvalue weighted by Crippen LogP contribution is -2.40. The highest BCUT2D eigenvalue weighted by Gasteiger charge is 2.48. The van der Waals surface area contributed by atoms with Gasteiger partial charge in [-0.3, -0.25) is 0 Å². The molecule has 1 N–H and O–H groups in total. The molecule has 2 aromatic rings. The number of ether oxygens (including phenoxy) is 2. The largest absolute Gasteiger partial charge is 0.478 e. The van der Waals surface area contributed by atoms with Gasteiger partial charge in [-0.2, -0.15) is 13.2 Å². The van der Waals surface area contributed by atoms with Crippen LogP contribution in [0.3, 0.4) is 0 Å². The van der Waals surface area contributed by atoms with E-state index in [1.165, 1.54) is 12.1 Å². The van der Waals surface area contributed by atoms with Crippen molar-refractivity contribution >= 4 is 55.5 Å². The van der Waals surface area contributed by atoms with Crippen molar-refractivity contribution in [3.63, 3.8) is 0 Å². The van der Waals surface area contributed by atoms with Gasteiger partial charge in [-0.25, -0.2) is 4.79 Å². The summed E-state index contributed by atoms with van der Waals surface area (Å²) >= 11 is 12.8. The monoisotopic (exact) mass is 526 g/mol. The number of aliphatic carboxylic acids is 1. The van der Waals surface area contributed by atoms with Gasteiger partial charge in [-0.1, -0.05) is 11.6 Å². The van der Waals surface area contributed by atoms with Gasteiger partial charge in [0.05, 0.1) is 10.6 Å². The zero-order valence-electron chi connectivity index (χ0n) is 13.0. The van der Waals surface area contributed by atoms with E-state index in [0.717, 1.165) is 10.5 Å². The number of hydrogen-bond donors (Lipinski definition) is 1. The first-order valence-corrected chi connectivity index (χ1v) is 9.17.